The van der Waals surface area contributed by atoms with Gasteiger partial charge in [0, 0.05) is 50.0 Å². The van der Waals surface area contributed by atoms with E-state index in [1.54, 1.807) is 7.11 Å². The summed E-state index contributed by atoms with van der Waals surface area (Å²) in [6.07, 6.45) is 0. The van der Waals surface area contributed by atoms with E-state index in [-0.39, 0.29) is 18.3 Å². The lowest BCUT2D eigenvalue weighted by Gasteiger charge is -2.39. The van der Waals surface area contributed by atoms with E-state index in [1.165, 1.54) is 6.07 Å². The highest BCUT2D eigenvalue weighted by molar-refractivity contribution is 6.39. The maximum absolute atomic E-state index is 13.4. The molecule has 1 aliphatic heterocycles. The van der Waals surface area contributed by atoms with Crippen molar-refractivity contribution in [3.05, 3.63) is 59.7 Å². The van der Waals surface area contributed by atoms with E-state index in [4.69, 9.17) is 4.74 Å². The highest BCUT2D eigenvalue weighted by Crippen LogP contribution is 2.29. The Kier molecular flexibility index (Phi) is 8.13. The maximum Gasteiger partial charge on any atom is 0.313 e. The fourth-order valence-electron chi connectivity index (χ4n) is 3.80. The zero-order valence-corrected chi connectivity index (χ0v) is 18.2. The van der Waals surface area contributed by atoms with Crippen LogP contribution >= 0.6 is 0 Å². The van der Waals surface area contributed by atoms with E-state index >= 15 is 0 Å². The number of para-hydroxylation sites is 1. The van der Waals surface area contributed by atoms with Gasteiger partial charge >= 0.3 is 11.8 Å². The number of methoxy groups -OCH3 is 1. The van der Waals surface area contributed by atoms with Gasteiger partial charge in [-0.3, -0.25) is 14.5 Å². The second-order valence-corrected chi connectivity index (χ2v) is 7.52. The molecular weight excluding hydrogens is 418 g/mol. The summed E-state index contributed by atoms with van der Waals surface area (Å²) in [7, 11) is 1.60. The van der Waals surface area contributed by atoms with Gasteiger partial charge in [0.2, 0.25) is 0 Å². The van der Waals surface area contributed by atoms with Crippen molar-refractivity contribution in [3.8, 4) is 5.75 Å². The second kappa shape index (κ2) is 11.0. The van der Waals surface area contributed by atoms with Crippen molar-refractivity contribution in [1.82, 2.24) is 15.1 Å². The Morgan fingerprint density at radius 2 is 1.75 bits per heavy atom. The number of hydrogen-bond donors (Lipinski definition) is 2. The van der Waals surface area contributed by atoms with E-state index in [2.05, 4.69) is 27.4 Å². The number of ether oxygens (including phenoxy) is 1. The monoisotopic (exact) mass is 446 g/mol. The van der Waals surface area contributed by atoms with E-state index in [9.17, 15) is 18.4 Å². The van der Waals surface area contributed by atoms with Crippen molar-refractivity contribution in [2.75, 3.05) is 51.7 Å². The van der Waals surface area contributed by atoms with E-state index in [1.807, 2.05) is 24.3 Å². The van der Waals surface area contributed by atoms with Crippen molar-refractivity contribution in [3.63, 3.8) is 0 Å². The van der Waals surface area contributed by atoms with Crippen LogP contribution in [-0.4, -0.2) is 68.0 Å². The third-order valence-electron chi connectivity index (χ3n) is 5.63. The molecule has 32 heavy (non-hydrogen) atoms. The average Bonchev–Trinajstić information content (AvgIpc) is 2.82. The molecule has 1 aliphatic rings. The molecule has 0 spiro atoms. The van der Waals surface area contributed by atoms with Crippen LogP contribution in [0.5, 0.6) is 5.75 Å². The number of piperazine rings is 1. The Balaban J connectivity index is 1.69. The molecule has 0 saturated carbocycles. The zero-order chi connectivity index (χ0) is 23.1. The standard InChI is InChI=1S/C23H28F2N4O3/c1-3-28-10-12-29(13-11-28)20(17-6-4-5-7-21(17)32-2)15-26-22(30)23(31)27-16-8-9-18(24)19(25)14-16/h4-9,14,20H,3,10-13,15H2,1-2H3,(H,26,30)(H,27,31). The number of hydrogen-bond acceptors (Lipinski definition) is 5. The highest BCUT2D eigenvalue weighted by atomic mass is 19.2. The molecule has 2 N–H and O–H groups in total. The van der Waals surface area contributed by atoms with Crippen LogP contribution < -0.4 is 15.4 Å². The minimum Gasteiger partial charge on any atom is -0.496 e. The summed E-state index contributed by atoms with van der Waals surface area (Å²) < 4.78 is 31.9. The number of nitrogens with one attached hydrogen (secondary N) is 2. The SMILES string of the molecule is CCN1CCN(C(CNC(=O)C(=O)Nc2ccc(F)c(F)c2)c2ccccc2OC)CC1. The van der Waals surface area contributed by atoms with Crippen molar-refractivity contribution in [2.45, 2.75) is 13.0 Å². The van der Waals surface area contributed by atoms with Crippen LogP contribution in [0.1, 0.15) is 18.5 Å². The van der Waals surface area contributed by atoms with E-state index in [0.29, 0.717) is 5.75 Å². The lowest BCUT2D eigenvalue weighted by atomic mass is 10.0. The first-order valence-electron chi connectivity index (χ1n) is 10.6. The number of rotatable bonds is 7. The Hall–Kier alpha value is -3.04. The van der Waals surface area contributed by atoms with Crippen LogP contribution in [0.15, 0.2) is 42.5 Å². The average molecular weight is 446 g/mol. The quantitative estimate of drug-likeness (QED) is 0.639. The van der Waals surface area contributed by atoms with Gasteiger partial charge in [0.15, 0.2) is 11.6 Å². The molecule has 0 radical (unpaired) electrons. The van der Waals surface area contributed by atoms with Crippen LogP contribution in [0, 0.1) is 11.6 Å². The Labute approximate surface area is 186 Å². The summed E-state index contributed by atoms with van der Waals surface area (Å²) in [6, 6.07) is 10.3. The van der Waals surface area contributed by atoms with Crippen LogP contribution in [0.25, 0.3) is 0 Å². The number of likely N-dealkylation sites (N-methyl/N-ethyl adjacent to an activating group) is 1. The molecule has 1 atom stereocenters. The summed E-state index contributed by atoms with van der Waals surface area (Å²) in [5.41, 5.74) is 0.919. The minimum atomic E-state index is -1.11. The normalized spacial score (nSPS) is 15.8. The minimum absolute atomic E-state index is 0.000941. The summed E-state index contributed by atoms with van der Waals surface area (Å²) >= 11 is 0. The van der Waals surface area contributed by atoms with Crippen LogP contribution in [0.2, 0.25) is 0 Å². The van der Waals surface area contributed by atoms with Gasteiger partial charge in [0.1, 0.15) is 5.75 Å². The molecule has 9 heteroatoms. The zero-order valence-electron chi connectivity index (χ0n) is 18.2. The van der Waals surface area contributed by atoms with Gasteiger partial charge in [-0.2, -0.15) is 0 Å². The van der Waals surface area contributed by atoms with Gasteiger partial charge in [-0.15, -0.1) is 0 Å². The second-order valence-electron chi connectivity index (χ2n) is 7.52. The Morgan fingerprint density at radius 3 is 2.41 bits per heavy atom. The molecule has 0 aromatic heterocycles. The summed E-state index contributed by atoms with van der Waals surface area (Å²) in [5, 5.41) is 4.96. The lowest BCUT2D eigenvalue weighted by molar-refractivity contribution is -0.136. The molecule has 2 amide bonds. The molecule has 1 heterocycles. The maximum atomic E-state index is 13.4. The first kappa shape index (κ1) is 23.6. The first-order valence-corrected chi connectivity index (χ1v) is 10.6. The van der Waals surface area contributed by atoms with Gasteiger partial charge in [-0.25, -0.2) is 8.78 Å². The fourth-order valence-corrected chi connectivity index (χ4v) is 3.80. The predicted octanol–water partition coefficient (Wildman–Crippen LogP) is 2.41. The largest absolute Gasteiger partial charge is 0.496 e. The predicted molar refractivity (Wildman–Crippen MR) is 117 cm³/mol. The number of nitrogens with zero attached hydrogens (tertiary/aromatic N) is 2. The third kappa shape index (κ3) is 5.80. The van der Waals surface area contributed by atoms with Gasteiger partial charge in [0.05, 0.1) is 13.2 Å². The third-order valence-corrected chi connectivity index (χ3v) is 5.63. The smallest absolute Gasteiger partial charge is 0.313 e. The molecule has 1 saturated heterocycles. The molecular formula is C23H28F2N4O3. The van der Waals surface area contributed by atoms with Crippen molar-refractivity contribution >= 4 is 17.5 Å². The Bertz CT molecular complexity index is 949. The van der Waals surface area contributed by atoms with Crippen molar-refractivity contribution < 1.29 is 23.1 Å². The molecule has 0 bridgehead atoms. The number of amides is 2. The van der Waals surface area contributed by atoms with E-state index in [0.717, 1.165) is 50.4 Å². The highest BCUT2D eigenvalue weighted by Gasteiger charge is 2.28. The Morgan fingerprint density at radius 1 is 1.03 bits per heavy atom. The molecule has 1 fully saturated rings. The molecule has 172 valence electrons. The fraction of sp³-hybridized carbons (Fsp3) is 0.391. The number of anilines is 1. The first-order chi connectivity index (χ1) is 15.4. The summed E-state index contributed by atoms with van der Waals surface area (Å²) in [6.45, 7) is 6.74. The van der Waals surface area contributed by atoms with Gasteiger partial charge in [0.25, 0.3) is 0 Å². The van der Waals surface area contributed by atoms with Crippen molar-refractivity contribution in [2.24, 2.45) is 0 Å². The number of carbonyl (C=O) groups excluding carboxylic acids is 2. The molecule has 2 aromatic carbocycles. The van der Waals surface area contributed by atoms with Gasteiger partial charge in [-0.05, 0) is 24.7 Å². The molecule has 7 nitrogen and oxygen atoms in total. The summed E-state index contributed by atoms with van der Waals surface area (Å²) in [5.74, 6) is -3.25. The van der Waals surface area contributed by atoms with Gasteiger partial charge in [-0.1, -0.05) is 25.1 Å². The molecule has 2 aromatic rings. The molecule has 3 rings (SSSR count). The summed E-state index contributed by atoms with van der Waals surface area (Å²) in [4.78, 5) is 29.3. The van der Waals surface area contributed by atoms with Gasteiger partial charge < -0.3 is 20.3 Å². The van der Waals surface area contributed by atoms with Crippen LogP contribution in [0.4, 0.5) is 14.5 Å². The number of halogens is 2. The number of benzene rings is 2. The van der Waals surface area contributed by atoms with E-state index < -0.39 is 23.4 Å². The van der Waals surface area contributed by atoms with Crippen LogP contribution in [-0.2, 0) is 9.59 Å². The molecule has 1 unspecified atom stereocenters. The lowest BCUT2D eigenvalue weighted by Crippen LogP contribution is -2.50. The van der Waals surface area contributed by atoms with Crippen LogP contribution in [0.3, 0.4) is 0 Å². The number of carbonyl (C=O) groups is 2. The molecule has 0 aliphatic carbocycles. The topological polar surface area (TPSA) is 73.9 Å². The van der Waals surface area contributed by atoms with Crippen molar-refractivity contribution in [1.29, 1.82) is 0 Å².